The van der Waals surface area contributed by atoms with Crippen molar-refractivity contribution >= 4 is 11.9 Å². The SMILES string of the molecule is CCOC(=O)C(C)(C)CN(CC(C)(C)C(=O)OCC)C(C)(C)CO. The number of aliphatic hydroxyl groups is 1. The van der Waals surface area contributed by atoms with E-state index >= 15 is 0 Å². The van der Waals surface area contributed by atoms with Crippen LogP contribution in [0.1, 0.15) is 55.4 Å². The number of aliphatic hydroxyl groups excluding tert-OH is 1. The summed E-state index contributed by atoms with van der Waals surface area (Å²) >= 11 is 0. The molecule has 0 amide bonds. The van der Waals surface area contributed by atoms with Crippen molar-refractivity contribution in [2.24, 2.45) is 10.8 Å². The summed E-state index contributed by atoms with van der Waals surface area (Å²) in [6, 6.07) is 0. The van der Waals surface area contributed by atoms with Crippen molar-refractivity contribution in [3.8, 4) is 0 Å². The van der Waals surface area contributed by atoms with E-state index in [1.54, 1.807) is 13.8 Å². The molecule has 0 aromatic heterocycles. The standard InChI is InChI=1S/C18H35NO5/c1-9-23-14(21)16(3,4)11-19(18(7,8)13-20)12-17(5,6)15(22)24-10-2/h20H,9-13H2,1-8H3. The molecule has 0 saturated carbocycles. The molecule has 0 rings (SSSR count). The molecule has 0 aliphatic carbocycles. The average Bonchev–Trinajstić information content (AvgIpc) is 2.46. The largest absolute Gasteiger partial charge is 0.466 e. The summed E-state index contributed by atoms with van der Waals surface area (Å²) in [6.45, 7) is 15.8. The number of hydrogen-bond donors (Lipinski definition) is 1. The van der Waals surface area contributed by atoms with Gasteiger partial charge in [0.05, 0.1) is 30.7 Å². The molecular weight excluding hydrogens is 310 g/mol. The van der Waals surface area contributed by atoms with E-state index in [9.17, 15) is 14.7 Å². The Morgan fingerprint density at radius 2 is 1.17 bits per heavy atom. The zero-order valence-electron chi connectivity index (χ0n) is 16.6. The Labute approximate surface area is 146 Å². The summed E-state index contributed by atoms with van der Waals surface area (Å²) in [5, 5.41) is 9.77. The first-order valence-corrected chi connectivity index (χ1v) is 8.54. The van der Waals surface area contributed by atoms with Crippen LogP contribution >= 0.6 is 0 Å². The number of ether oxygens (including phenoxy) is 2. The minimum atomic E-state index is -0.757. The quantitative estimate of drug-likeness (QED) is 0.612. The van der Waals surface area contributed by atoms with Crippen LogP contribution in [0, 0.1) is 10.8 Å². The van der Waals surface area contributed by atoms with Gasteiger partial charge in [0.15, 0.2) is 0 Å². The second kappa shape index (κ2) is 8.81. The summed E-state index contributed by atoms with van der Waals surface area (Å²) in [6.07, 6.45) is 0. The third-order valence-electron chi connectivity index (χ3n) is 4.07. The molecule has 0 aliphatic rings. The van der Waals surface area contributed by atoms with Crippen molar-refractivity contribution < 1.29 is 24.2 Å². The second-order valence-electron chi connectivity index (χ2n) is 8.04. The third-order valence-corrected chi connectivity index (χ3v) is 4.07. The van der Waals surface area contributed by atoms with Gasteiger partial charge in [0.2, 0.25) is 0 Å². The van der Waals surface area contributed by atoms with E-state index in [1.807, 2.05) is 46.4 Å². The van der Waals surface area contributed by atoms with Gasteiger partial charge < -0.3 is 14.6 Å². The van der Waals surface area contributed by atoms with Gasteiger partial charge in [-0.15, -0.1) is 0 Å². The molecule has 0 fully saturated rings. The number of rotatable bonds is 10. The maximum absolute atomic E-state index is 12.2. The van der Waals surface area contributed by atoms with Gasteiger partial charge >= 0.3 is 11.9 Å². The van der Waals surface area contributed by atoms with Crippen molar-refractivity contribution in [3.63, 3.8) is 0 Å². The molecule has 0 radical (unpaired) electrons. The van der Waals surface area contributed by atoms with Crippen molar-refractivity contribution in [2.45, 2.75) is 60.9 Å². The van der Waals surface area contributed by atoms with Crippen LogP contribution in [0.2, 0.25) is 0 Å². The summed E-state index contributed by atoms with van der Waals surface area (Å²) < 4.78 is 10.3. The topological polar surface area (TPSA) is 76.1 Å². The van der Waals surface area contributed by atoms with E-state index < -0.39 is 16.4 Å². The average molecular weight is 345 g/mol. The molecule has 0 aromatic carbocycles. The van der Waals surface area contributed by atoms with E-state index in [4.69, 9.17) is 9.47 Å². The van der Waals surface area contributed by atoms with Crippen LogP contribution in [0.15, 0.2) is 0 Å². The molecule has 142 valence electrons. The van der Waals surface area contributed by atoms with Gasteiger partial charge in [0.1, 0.15) is 0 Å². The van der Waals surface area contributed by atoms with Crippen LogP contribution < -0.4 is 0 Å². The minimum absolute atomic E-state index is 0.0924. The number of carbonyl (C=O) groups excluding carboxylic acids is 2. The summed E-state index contributed by atoms with van der Waals surface area (Å²) in [5.41, 5.74) is -2.10. The molecular formula is C18H35NO5. The number of esters is 2. The van der Waals surface area contributed by atoms with Crippen molar-refractivity contribution in [2.75, 3.05) is 32.9 Å². The molecule has 6 heteroatoms. The Kier molecular flexibility index (Phi) is 8.39. The summed E-state index contributed by atoms with van der Waals surface area (Å²) in [5.74, 6) is -0.588. The van der Waals surface area contributed by atoms with Crippen molar-refractivity contribution in [3.05, 3.63) is 0 Å². The Morgan fingerprint density at radius 1 is 0.833 bits per heavy atom. The zero-order valence-corrected chi connectivity index (χ0v) is 16.6. The van der Waals surface area contributed by atoms with E-state index in [1.165, 1.54) is 0 Å². The lowest BCUT2D eigenvalue weighted by molar-refractivity contribution is -0.159. The summed E-state index contributed by atoms with van der Waals surface area (Å²) in [7, 11) is 0. The lowest BCUT2D eigenvalue weighted by Gasteiger charge is -2.44. The fourth-order valence-electron chi connectivity index (χ4n) is 2.32. The first-order chi connectivity index (χ1) is 10.8. The monoisotopic (exact) mass is 345 g/mol. The molecule has 0 aliphatic heterocycles. The Hall–Kier alpha value is -1.14. The first kappa shape index (κ1) is 22.9. The van der Waals surface area contributed by atoms with Crippen LogP contribution in [0.25, 0.3) is 0 Å². The molecule has 0 bridgehead atoms. The van der Waals surface area contributed by atoms with Crippen LogP contribution in [-0.4, -0.2) is 60.4 Å². The second-order valence-corrected chi connectivity index (χ2v) is 8.04. The summed E-state index contributed by atoms with van der Waals surface area (Å²) in [4.78, 5) is 26.4. The van der Waals surface area contributed by atoms with Crippen LogP contribution in [-0.2, 0) is 19.1 Å². The van der Waals surface area contributed by atoms with Gasteiger partial charge in [-0.2, -0.15) is 0 Å². The zero-order chi connectivity index (χ0) is 19.2. The van der Waals surface area contributed by atoms with E-state index in [0.717, 1.165) is 0 Å². The molecule has 0 aromatic rings. The highest BCUT2D eigenvalue weighted by atomic mass is 16.5. The molecule has 1 N–H and O–H groups in total. The highest BCUT2D eigenvalue weighted by Crippen LogP contribution is 2.29. The lowest BCUT2D eigenvalue weighted by Crippen LogP contribution is -2.56. The third kappa shape index (κ3) is 6.40. The maximum Gasteiger partial charge on any atom is 0.312 e. The Morgan fingerprint density at radius 3 is 1.42 bits per heavy atom. The first-order valence-electron chi connectivity index (χ1n) is 8.54. The van der Waals surface area contributed by atoms with Crippen LogP contribution in [0.4, 0.5) is 0 Å². The predicted octanol–water partition coefficient (Wildman–Crippen LogP) is 2.24. The predicted molar refractivity (Wildman–Crippen MR) is 93.6 cm³/mol. The molecule has 0 spiro atoms. The normalized spacial score (nSPS) is 13.1. The highest BCUT2D eigenvalue weighted by Gasteiger charge is 2.41. The molecule has 0 saturated heterocycles. The smallest absolute Gasteiger partial charge is 0.312 e. The number of carbonyl (C=O) groups is 2. The fourth-order valence-corrected chi connectivity index (χ4v) is 2.32. The number of nitrogens with zero attached hydrogens (tertiary/aromatic N) is 1. The van der Waals surface area contributed by atoms with Crippen molar-refractivity contribution in [1.29, 1.82) is 0 Å². The lowest BCUT2D eigenvalue weighted by atomic mass is 9.86. The Bertz CT molecular complexity index is 397. The van der Waals surface area contributed by atoms with Gasteiger partial charge in [-0.3, -0.25) is 14.5 Å². The molecule has 0 heterocycles. The van der Waals surface area contributed by atoms with Crippen LogP contribution in [0.5, 0.6) is 0 Å². The van der Waals surface area contributed by atoms with Gasteiger partial charge in [-0.1, -0.05) is 0 Å². The minimum Gasteiger partial charge on any atom is -0.466 e. The van der Waals surface area contributed by atoms with E-state index in [-0.39, 0.29) is 18.5 Å². The fraction of sp³-hybridized carbons (Fsp3) is 0.889. The van der Waals surface area contributed by atoms with E-state index in [0.29, 0.717) is 26.3 Å². The van der Waals surface area contributed by atoms with Gasteiger partial charge in [0.25, 0.3) is 0 Å². The molecule has 0 atom stereocenters. The highest BCUT2D eigenvalue weighted by molar-refractivity contribution is 5.77. The van der Waals surface area contributed by atoms with Crippen molar-refractivity contribution in [1.82, 2.24) is 4.90 Å². The van der Waals surface area contributed by atoms with Gasteiger partial charge in [-0.05, 0) is 55.4 Å². The molecule has 24 heavy (non-hydrogen) atoms. The van der Waals surface area contributed by atoms with E-state index in [2.05, 4.69) is 0 Å². The molecule has 6 nitrogen and oxygen atoms in total. The Balaban J connectivity index is 5.42. The van der Waals surface area contributed by atoms with Crippen LogP contribution in [0.3, 0.4) is 0 Å². The van der Waals surface area contributed by atoms with Gasteiger partial charge in [0, 0.05) is 18.6 Å². The number of hydrogen-bond acceptors (Lipinski definition) is 6. The molecule has 0 unspecified atom stereocenters. The van der Waals surface area contributed by atoms with Gasteiger partial charge in [-0.25, -0.2) is 0 Å². The maximum atomic E-state index is 12.2.